The highest BCUT2D eigenvalue weighted by atomic mass is 79.9. The number of aliphatic hydroxyl groups excluding tert-OH is 1. The molecule has 1 rings (SSSR count). The van der Waals surface area contributed by atoms with E-state index in [1.807, 2.05) is 0 Å². The first-order valence-electron chi connectivity index (χ1n) is 6.58. The van der Waals surface area contributed by atoms with Crippen LogP contribution in [-0.2, 0) is 19.6 Å². The monoisotopic (exact) mass is 408 g/mol. The van der Waals surface area contributed by atoms with E-state index in [0.717, 1.165) is 0 Å². The van der Waals surface area contributed by atoms with Crippen LogP contribution in [0.15, 0.2) is 27.6 Å². The SMILES string of the molecule is CCOC(=O)c1ccc(S(=O)(=O)NC(CO)C(=O)NC)c(Br)c1. The second kappa shape index (κ2) is 8.39. The van der Waals surface area contributed by atoms with E-state index in [9.17, 15) is 18.0 Å². The molecule has 1 aromatic carbocycles. The number of aliphatic hydroxyl groups is 1. The fourth-order valence-electron chi connectivity index (χ4n) is 1.66. The molecule has 0 radical (unpaired) electrons. The number of amides is 1. The van der Waals surface area contributed by atoms with E-state index in [0.29, 0.717) is 0 Å². The number of nitrogens with one attached hydrogen (secondary N) is 2. The summed E-state index contributed by atoms with van der Waals surface area (Å²) in [6.45, 7) is 1.16. The molecule has 8 nitrogen and oxygen atoms in total. The average molecular weight is 409 g/mol. The van der Waals surface area contributed by atoms with Gasteiger partial charge in [0.15, 0.2) is 0 Å². The van der Waals surface area contributed by atoms with Crippen LogP contribution in [0, 0.1) is 0 Å². The maximum atomic E-state index is 12.3. The van der Waals surface area contributed by atoms with Crippen LogP contribution in [0.3, 0.4) is 0 Å². The Morgan fingerprint density at radius 2 is 2.04 bits per heavy atom. The van der Waals surface area contributed by atoms with Crippen LogP contribution in [0.2, 0.25) is 0 Å². The predicted octanol–water partition coefficient (Wildman–Crippen LogP) is 0.0110. The number of halogens is 1. The Morgan fingerprint density at radius 1 is 1.39 bits per heavy atom. The molecular weight excluding hydrogens is 392 g/mol. The molecule has 0 aromatic heterocycles. The van der Waals surface area contributed by atoms with Gasteiger partial charge in [0.25, 0.3) is 0 Å². The van der Waals surface area contributed by atoms with E-state index < -0.39 is 34.5 Å². The Morgan fingerprint density at radius 3 is 2.52 bits per heavy atom. The molecule has 10 heteroatoms. The molecule has 0 aliphatic carbocycles. The van der Waals surface area contributed by atoms with Gasteiger partial charge in [-0.3, -0.25) is 4.79 Å². The number of hydrogen-bond acceptors (Lipinski definition) is 6. The van der Waals surface area contributed by atoms with Gasteiger partial charge < -0.3 is 15.2 Å². The first-order valence-corrected chi connectivity index (χ1v) is 8.85. The van der Waals surface area contributed by atoms with Crippen molar-refractivity contribution in [3.05, 3.63) is 28.2 Å². The van der Waals surface area contributed by atoms with Crippen LogP contribution in [0.5, 0.6) is 0 Å². The van der Waals surface area contributed by atoms with Gasteiger partial charge in [0.2, 0.25) is 15.9 Å². The summed E-state index contributed by atoms with van der Waals surface area (Å²) in [5.41, 5.74) is 0.183. The zero-order valence-corrected chi connectivity index (χ0v) is 14.9. The summed E-state index contributed by atoms with van der Waals surface area (Å²) in [7, 11) is -2.76. The number of hydrogen-bond donors (Lipinski definition) is 3. The topological polar surface area (TPSA) is 122 Å². The summed E-state index contributed by atoms with van der Waals surface area (Å²) in [6, 6.07) is 2.49. The van der Waals surface area contributed by atoms with Crippen LogP contribution in [-0.4, -0.2) is 51.7 Å². The van der Waals surface area contributed by atoms with Crippen molar-refractivity contribution in [2.75, 3.05) is 20.3 Å². The lowest BCUT2D eigenvalue weighted by Gasteiger charge is -2.16. The average Bonchev–Trinajstić information content (AvgIpc) is 2.51. The molecule has 0 spiro atoms. The van der Waals surface area contributed by atoms with Crippen molar-refractivity contribution in [3.63, 3.8) is 0 Å². The number of benzene rings is 1. The summed E-state index contributed by atoms with van der Waals surface area (Å²) in [5.74, 6) is -1.25. The van der Waals surface area contributed by atoms with Gasteiger partial charge in [-0.1, -0.05) is 0 Å². The van der Waals surface area contributed by atoms with Crippen LogP contribution in [0.1, 0.15) is 17.3 Å². The van der Waals surface area contributed by atoms with E-state index >= 15 is 0 Å². The normalized spacial score (nSPS) is 12.5. The lowest BCUT2D eigenvalue weighted by molar-refractivity contribution is -0.123. The lowest BCUT2D eigenvalue weighted by atomic mass is 10.2. The maximum Gasteiger partial charge on any atom is 0.338 e. The Bertz CT molecular complexity index is 692. The van der Waals surface area contributed by atoms with Crippen LogP contribution < -0.4 is 10.0 Å². The first kappa shape index (κ1) is 19.6. The maximum absolute atomic E-state index is 12.3. The van der Waals surface area contributed by atoms with Crippen molar-refractivity contribution in [2.24, 2.45) is 0 Å². The standard InChI is InChI=1S/C13H17BrN2O6S/c1-3-22-13(19)8-4-5-11(9(14)6-8)23(20,21)16-10(7-17)12(18)15-2/h4-6,10,16-17H,3,7H2,1-2H3,(H,15,18). The van der Waals surface area contributed by atoms with E-state index in [1.54, 1.807) is 6.92 Å². The van der Waals surface area contributed by atoms with Gasteiger partial charge in [-0.25, -0.2) is 13.2 Å². The molecule has 1 amide bonds. The molecule has 0 aliphatic heterocycles. The fraction of sp³-hybridized carbons (Fsp3) is 0.385. The summed E-state index contributed by atoms with van der Waals surface area (Å²) >= 11 is 3.08. The van der Waals surface area contributed by atoms with Gasteiger partial charge in [-0.05, 0) is 41.1 Å². The molecule has 3 N–H and O–H groups in total. The van der Waals surface area contributed by atoms with E-state index in [-0.39, 0.29) is 21.5 Å². The molecule has 1 atom stereocenters. The molecule has 23 heavy (non-hydrogen) atoms. The molecule has 0 saturated carbocycles. The summed E-state index contributed by atoms with van der Waals surface area (Å²) in [6.07, 6.45) is 0. The number of ether oxygens (including phenoxy) is 1. The van der Waals surface area contributed by atoms with Crippen molar-refractivity contribution in [2.45, 2.75) is 17.9 Å². The van der Waals surface area contributed by atoms with Gasteiger partial charge in [0, 0.05) is 11.5 Å². The highest BCUT2D eigenvalue weighted by molar-refractivity contribution is 9.10. The van der Waals surface area contributed by atoms with E-state index in [1.165, 1.54) is 25.2 Å². The number of sulfonamides is 1. The van der Waals surface area contributed by atoms with Crippen LogP contribution >= 0.6 is 15.9 Å². The first-order chi connectivity index (χ1) is 10.8. The van der Waals surface area contributed by atoms with Crippen molar-refractivity contribution in [1.29, 1.82) is 0 Å². The minimum atomic E-state index is -4.08. The van der Waals surface area contributed by atoms with Gasteiger partial charge in [0.1, 0.15) is 6.04 Å². The number of carbonyl (C=O) groups excluding carboxylic acids is 2. The Hall–Kier alpha value is -1.49. The number of carbonyl (C=O) groups is 2. The Kier molecular flexibility index (Phi) is 7.13. The molecule has 0 heterocycles. The smallest absolute Gasteiger partial charge is 0.338 e. The highest BCUT2D eigenvalue weighted by Gasteiger charge is 2.26. The minimum Gasteiger partial charge on any atom is -0.462 e. The Labute approximate surface area is 142 Å². The molecular formula is C13H17BrN2O6S. The third-order valence-corrected chi connectivity index (χ3v) is 5.22. The molecule has 0 bridgehead atoms. The number of likely N-dealkylation sites (N-methyl/N-ethyl adjacent to an activating group) is 1. The van der Waals surface area contributed by atoms with Crippen molar-refractivity contribution < 1.29 is 27.9 Å². The minimum absolute atomic E-state index is 0.129. The van der Waals surface area contributed by atoms with Gasteiger partial charge in [-0.15, -0.1) is 0 Å². The number of esters is 1. The number of rotatable bonds is 7. The lowest BCUT2D eigenvalue weighted by Crippen LogP contribution is -2.47. The van der Waals surface area contributed by atoms with Gasteiger partial charge in [-0.2, -0.15) is 4.72 Å². The second-order valence-electron chi connectivity index (χ2n) is 4.34. The third kappa shape index (κ3) is 4.99. The molecule has 0 fully saturated rings. The third-order valence-electron chi connectivity index (χ3n) is 2.78. The largest absolute Gasteiger partial charge is 0.462 e. The summed E-state index contributed by atoms with van der Waals surface area (Å²) in [5, 5.41) is 11.4. The van der Waals surface area contributed by atoms with Crippen molar-refractivity contribution >= 4 is 37.8 Å². The predicted molar refractivity (Wildman–Crippen MR) is 85.4 cm³/mol. The zero-order chi connectivity index (χ0) is 17.6. The quantitative estimate of drug-likeness (QED) is 0.546. The summed E-state index contributed by atoms with van der Waals surface area (Å²) < 4.78 is 31.6. The molecule has 0 saturated heterocycles. The molecule has 128 valence electrons. The van der Waals surface area contributed by atoms with Crippen LogP contribution in [0.4, 0.5) is 0 Å². The Balaban J connectivity index is 3.09. The zero-order valence-electron chi connectivity index (χ0n) is 12.5. The van der Waals surface area contributed by atoms with Gasteiger partial charge in [0.05, 0.1) is 23.7 Å². The molecule has 1 unspecified atom stereocenters. The van der Waals surface area contributed by atoms with Gasteiger partial charge >= 0.3 is 5.97 Å². The molecule has 0 aliphatic rings. The second-order valence-corrected chi connectivity index (χ2v) is 6.87. The van der Waals surface area contributed by atoms with E-state index in [4.69, 9.17) is 9.84 Å². The van der Waals surface area contributed by atoms with E-state index in [2.05, 4.69) is 26.0 Å². The summed E-state index contributed by atoms with van der Waals surface area (Å²) in [4.78, 5) is 22.9. The molecule has 1 aromatic rings. The van der Waals surface area contributed by atoms with Crippen molar-refractivity contribution in [1.82, 2.24) is 10.0 Å². The van der Waals surface area contributed by atoms with Crippen LogP contribution in [0.25, 0.3) is 0 Å². The fourth-order valence-corrected chi connectivity index (χ4v) is 3.92. The highest BCUT2D eigenvalue weighted by Crippen LogP contribution is 2.24. The van der Waals surface area contributed by atoms with Crippen molar-refractivity contribution in [3.8, 4) is 0 Å².